The molecular weight excluding hydrogens is 362 g/mol. The van der Waals surface area contributed by atoms with Crippen LogP contribution in [0.3, 0.4) is 0 Å². The van der Waals surface area contributed by atoms with E-state index in [1.54, 1.807) is 6.07 Å². The molecule has 0 spiro atoms. The van der Waals surface area contributed by atoms with Crippen LogP contribution < -0.4 is 5.32 Å². The summed E-state index contributed by atoms with van der Waals surface area (Å²) >= 11 is 0. The zero-order valence-electron chi connectivity index (χ0n) is 17.0. The Bertz CT molecular complexity index is 915. The molecule has 4 aliphatic rings. The number of carbonyl (C=O) groups excluding carboxylic acids is 2. The number of hydrogen-bond donors (Lipinski definition) is 1. The van der Waals surface area contributed by atoms with Crippen LogP contribution in [0.15, 0.2) is 42.5 Å². The van der Waals surface area contributed by atoms with Gasteiger partial charge in [-0.1, -0.05) is 30.3 Å². The summed E-state index contributed by atoms with van der Waals surface area (Å²) in [5, 5.41) is 5.22. The highest BCUT2D eigenvalue weighted by molar-refractivity contribution is 5.96. The molecule has 4 bridgehead atoms. The van der Waals surface area contributed by atoms with Crippen LogP contribution in [0, 0.1) is 23.2 Å². The van der Waals surface area contributed by atoms with Crippen molar-refractivity contribution in [3.8, 4) is 0 Å². The van der Waals surface area contributed by atoms with Gasteiger partial charge in [-0.3, -0.25) is 4.79 Å². The van der Waals surface area contributed by atoms with Crippen molar-refractivity contribution in [3.05, 3.63) is 48.0 Å². The van der Waals surface area contributed by atoms with Crippen molar-refractivity contribution in [2.75, 3.05) is 6.61 Å². The topological polar surface area (TPSA) is 55.4 Å². The number of ether oxygens (including phenoxy) is 1. The maximum atomic E-state index is 12.5. The van der Waals surface area contributed by atoms with Gasteiger partial charge in [0.1, 0.15) is 0 Å². The number of benzene rings is 2. The predicted octanol–water partition coefficient (Wildman–Crippen LogP) is 4.72. The molecule has 0 unspecified atom stereocenters. The van der Waals surface area contributed by atoms with E-state index in [0.717, 1.165) is 28.5 Å². The lowest BCUT2D eigenvalue weighted by Gasteiger charge is -2.59. The Morgan fingerprint density at radius 2 is 1.62 bits per heavy atom. The molecule has 4 heteroatoms. The standard InChI is InChI=1S/C25H29NO3/c1-16(25-12-17-8-18(13-25)10-19(9-17)14-25)26-23(27)15-29-24(28)22-7-6-20-4-2-3-5-21(20)11-22/h2-7,11,16-19H,8-10,12-15H2,1H3,(H,26,27)/t16-,17?,18?,19?,25?/m1/s1. The van der Waals surface area contributed by atoms with Gasteiger partial charge >= 0.3 is 5.97 Å². The Balaban J connectivity index is 1.18. The fourth-order valence-electron chi connectivity index (χ4n) is 6.67. The average Bonchev–Trinajstić information content (AvgIpc) is 2.70. The van der Waals surface area contributed by atoms with Gasteiger partial charge in [0.05, 0.1) is 5.56 Å². The van der Waals surface area contributed by atoms with E-state index in [1.807, 2.05) is 36.4 Å². The summed E-state index contributed by atoms with van der Waals surface area (Å²) in [5.74, 6) is 1.92. The minimum atomic E-state index is -0.451. The summed E-state index contributed by atoms with van der Waals surface area (Å²) in [7, 11) is 0. The van der Waals surface area contributed by atoms with E-state index in [1.165, 1.54) is 38.5 Å². The molecule has 0 saturated heterocycles. The molecule has 29 heavy (non-hydrogen) atoms. The normalized spacial score (nSPS) is 30.9. The first-order chi connectivity index (χ1) is 14.0. The molecule has 4 saturated carbocycles. The Morgan fingerprint density at radius 3 is 2.28 bits per heavy atom. The van der Waals surface area contributed by atoms with Gasteiger partial charge in [0.2, 0.25) is 0 Å². The van der Waals surface area contributed by atoms with Gasteiger partial charge in [0.25, 0.3) is 5.91 Å². The lowest BCUT2D eigenvalue weighted by Crippen LogP contribution is -2.56. The Hall–Kier alpha value is -2.36. The van der Waals surface area contributed by atoms with Crippen molar-refractivity contribution < 1.29 is 14.3 Å². The van der Waals surface area contributed by atoms with Gasteiger partial charge < -0.3 is 10.1 Å². The molecule has 0 radical (unpaired) electrons. The highest BCUT2D eigenvalue weighted by atomic mass is 16.5. The zero-order valence-corrected chi connectivity index (χ0v) is 17.0. The molecule has 6 rings (SSSR count). The fourth-order valence-corrected chi connectivity index (χ4v) is 6.67. The molecule has 4 aliphatic carbocycles. The van der Waals surface area contributed by atoms with Gasteiger partial charge in [0.15, 0.2) is 6.61 Å². The van der Waals surface area contributed by atoms with Crippen LogP contribution in [0.25, 0.3) is 10.8 Å². The van der Waals surface area contributed by atoms with Gasteiger partial charge in [-0.05, 0) is 91.5 Å². The summed E-state index contributed by atoms with van der Waals surface area (Å²) in [5.41, 5.74) is 0.734. The molecule has 1 atom stereocenters. The van der Waals surface area contributed by atoms with Crippen molar-refractivity contribution in [2.24, 2.45) is 23.2 Å². The number of carbonyl (C=O) groups is 2. The first kappa shape index (κ1) is 18.7. The highest BCUT2D eigenvalue weighted by Crippen LogP contribution is 2.61. The quantitative estimate of drug-likeness (QED) is 0.751. The minimum Gasteiger partial charge on any atom is -0.452 e. The van der Waals surface area contributed by atoms with E-state index in [0.29, 0.717) is 5.56 Å². The zero-order chi connectivity index (χ0) is 20.0. The van der Waals surface area contributed by atoms with E-state index in [2.05, 4.69) is 12.2 Å². The van der Waals surface area contributed by atoms with E-state index >= 15 is 0 Å². The van der Waals surface area contributed by atoms with Crippen molar-refractivity contribution in [1.82, 2.24) is 5.32 Å². The molecule has 2 aromatic carbocycles. The van der Waals surface area contributed by atoms with Crippen molar-refractivity contribution in [3.63, 3.8) is 0 Å². The average molecular weight is 392 g/mol. The SMILES string of the molecule is C[C@@H](NC(=O)COC(=O)c1ccc2ccccc2c1)C12CC3CC(CC(C3)C1)C2. The maximum Gasteiger partial charge on any atom is 0.338 e. The van der Waals surface area contributed by atoms with E-state index in [9.17, 15) is 9.59 Å². The summed E-state index contributed by atoms with van der Waals surface area (Å²) in [6, 6.07) is 13.5. The molecule has 1 N–H and O–H groups in total. The second-order valence-electron chi connectivity index (χ2n) is 9.71. The van der Waals surface area contributed by atoms with Crippen LogP contribution in [0.2, 0.25) is 0 Å². The number of amides is 1. The van der Waals surface area contributed by atoms with Crippen molar-refractivity contribution in [2.45, 2.75) is 51.5 Å². The summed E-state index contributed by atoms with van der Waals surface area (Å²) in [4.78, 5) is 24.9. The van der Waals surface area contributed by atoms with Gasteiger partial charge in [-0.25, -0.2) is 4.79 Å². The molecule has 4 nitrogen and oxygen atoms in total. The van der Waals surface area contributed by atoms with Crippen LogP contribution in [-0.4, -0.2) is 24.5 Å². The lowest BCUT2D eigenvalue weighted by atomic mass is 9.48. The number of esters is 1. The molecule has 152 valence electrons. The second kappa shape index (κ2) is 7.16. The van der Waals surface area contributed by atoms with Gasteiger partial charge in [-0.2, -0.15) is 0 Å². The molecule has 1 amide bonds. The predicted molar refractivity (Wildman–Crippen MR) is 112 cm³/mol. The maximum absolute atomic E-state index is 12.5. The largest absolute Gasteiger partial charge is 0.452 e. The van der Waals surface area contributed by atoms with E-state index < -0.39 is 5.97 Å². The van der Waals surface area contributed by atoms with Gasteiger partial charge in [0, 0.05) is 6.04 Å². The molecule has 0 heterocycles. The first-order valence-electron chi connectivity index (χ1n) is 11.0. The van der Waals surface area contributed by atoms with Crippen molar-refractivity contribution in [1.29, 1.82) is 0 Å². The van der Waals surface area contributed by atoms with Crippen LogP contribution in [0.4, 0.5) is 0 Å². The van der Waals surface area contributed by atoms with E-state index in [-0.39, 0.29) is 24.0 Å². The molecule has 0 aliphatic heterocycles. The molecule has 0 aromatic heterocycles. The number of fused-ring (bicyclic) bond motifs is 1. The number of hydrogen-bond acceptors (Lipinski definition) is 3. The third-order valence-electron chi connectivity index (χ3n) is 7.70. The first-order valence-corrected chi connectivity index (χ1v) is 11.0. The molecule has 4 fully saturated rings. The highest BCUT2D eigenvalue weighted by Gasteiger charge is 2.53. The fraction of sp³-hybridized carbons (Fsp3) is 0.520. The Kier molecular flexibility index (Phi) is 4.60. The summed E-state index contributed by atoms with van der Waals surface area (Å²) in [6.45, 7) is 1.93. The van der Waals surface area contributed by atoms with Crippen LogP contribution in [-0.2, 0) is 9.53 Å². The Morgan fingerprint density at radius 1 is 1.00 bits per heavy atom. The number of rotatable bonds is 5. The third-order valence-corrected chi connectivity index (χ3v) is 7.70. The van der Waals surface area contributed by atoms with Crippen molar-refractivity contribution >= 4 is 22.6 Å². The summed E-state index contributed by atoms with van der Waals surface area (Å²) in [6.07, 6.45) is 7.92. The molecule has 2 aromatic rings. The van der Waals surface area contributed by atoms with Crippen LogP contribution in [0.5, 0.6) is 0 Å². The van der Waals surface area contributed by atoms with Crippen LogP contribution in [0.1, 0.15) is 55.8 Å². The third kappa shape index (κ3) is 3.54. The lowest BCUT2D eigenvalue weighted by molar-refractivity contribution is -0.128. The Labute approximate surface area is 172 Å². The van der Waals surface area contributed by atoms with Crippen LogP contribution >= 0.6 is 0 Å². The number of nitrogens with one attached hydrogen (secondary N) is 1. The minimum absolute atomic E-state index is 0.141. The second-order valence-corrected chi connectivity index (χ2v) is 9.71. The monoisotopic (exact) mass is 391 g/mol. The van der Waals surface area contributed by atoms with Gasteiger partial charge in [-0.15, -0.1) is 0 Å². The summed E-state index contributed by atoms with van der Waals surface area (Å²) < 4.78 is 5.31. The van der Waals surface area contributed by atoms with E-state index in [4.69, 9.17) is 4.74 Å². The molecular formula is C25H29NO3. The smallest absolute Gasteiger partial charge is 0.338 e.